The molecular weight excluding hydrogens is 258 g/mol. The van der Waals surface area contributed by atoms with Gasteiger partial charge in [-0.3, -0.25) is 4.79 Å². The monoisotopic (exact) mass is 277 g/mol. The Hall–Kier alpha value is -1.28. The Labute approximate surface area is 120 Å². The van der Waals surface area contributed by atoms with E-state index in [1.807, 2.05) is 29.2 Å². The molecule has 1 aromatic carbocycles. The molecule has 1 aliphatic rings. The first kappa shape index (κ1) is 14.1. The molecule has 2 unspecified atom stereocenters. The van der Waals surface area contributed by atoms with Gasteiger partial charge in [-0.1, -0.05) is 43.6 Å². The fraction of sp³-hybridized carbons (Fsp3) is 0.438. The zero-order chi connectivity index (χ0) is 13.8. The van der Waals surface area contributed by atoms with Gasteiger partial charge in [0, 0.05) is 24.2 Å². The summed E-state index contributed by atoms with van der Waals surface area (Å²) in [6.07, 6.45) is 4.64. The third-order valence-electron chi connectivity index (χ3n) is 3.49. The first-order valence-corrected chi connectivity index (χ1v) is 7.15. The molecule has 2 nitrogen and oxygen atoms in total. The van der Waals surface area contributed by atoms with Crippen LogP contribution < -0.4 is 0 Å². The van der Waals surface area contributed by atoms with Crippen LogP contribution in [0.3, 0.4) is 0 Å². The van der Waals surface area contributed by atoms with E-state index in [1.54, 1.807) is 12.2 Å². The average molecular weight is 278 g/mol. The fourth-order valence-electron chi connectivity index (χ4n) is 2.72. The van der Waals surface area contributed by atoms with Gasteiger partial charge in [-0.05, 0) is 36.0 Å². The number of halogens is 1. The van der Waals surface area contributed by atoms with Gasteiger partial charge < -0.3 is 4.90 Å². The topological polar surface area (TPSA) is 20.3 Å². The zero-order valence-corrected chi connectivity index (χ0v) is 12.2. The SMILES string of the molecule is CC1CC(C)CN(C(=O)C=Cc2ccccc2Cl)C1. The number of hydrogen-bond donors (Lipinski definition) is 0. The van der Waals surface area contributed by atoms with E-state index in [4.69, 9.17) is 11.6 Å². The standard InChI is InChI=1S/C16H20ClNO/c1-12-9-13(2)11-18(10-12)16(19)8-7-14-5-3-4-6-15(14)17/h3-8,12-13H,9-11H2,1-2H3. The summed E-state index contributed by atoms with van der Waals surface area (Å²) in [6, 6.07) is 7.54. The zero-order valence-electron chi connectivity index (χ0n) is 11.5. The van der Waals surface area contributed by atoms with E-state index in [-0.39, 0.29) is 5.91 Å². The van der Waals surface area contributed by atoms with E-state index in [0.29, 0.717) is 16.9 Å². The highest BCUT2D eigenvalue weighted by Crippen LogP contribution is 2.21. The summed E-state index contributed by atoms with van der Waals surface area (Å²) in [4.78, 5) is 14.1. The Morgan fingerprint density at radius 2 is 1.89 bits per heavy atom. The predicted molar refractivity (Wildman–Crippen MR) is 80.0 cm³/mol. The summed E-state index contributed by atoms with van der Waals surface area (Å²) in [5, 5.41) is 0.673. The number of likely N-dealkylation sites (tertiary alicyclic amines) is 1. The molecule has 102 valence electrons. The number of nitrogens with zero attached hydrogens (tertiary/aromatic N) is 1. The lowest BCUT2D eigenvalue weighted by molar-refractivity contribution is -0.128. The molecule has 0 radical (unpaired) electrons. The highest BCUT2D eigenvalue weighted by Gasteiger charge is 2.23. The Morgan fingerprint density at radius 3 is 2.53 bits per heavy atom. The molecule has 0 saturated carbocycles. The van der Waals surface area contributed by atoms with Gasteiger partial charge in [0.25, 0.3) is 0 Å². The fourth-order valence-corrected chi connectivity index (χ4v) is 2.92. The van der Waals surface area contributed by atoms with Crippen molar-refractivity contribution in [2.45, 2.75) is 20.3 Å². The third-order valence-corrected chi connectivity index (χ3v) is 3.84. The second-order valence-corrected chi connectivity index (χ2v) is 5.95. The normalized spacial score (nSPS) is 23.8. The van der Waals surface area contributed by atoms with E-state index in [9.17, 15) is 4.79 Å². The van der Waals surface area contributed by atoms with Gasteiger partial charge in [-0.25, -0.2) is 0 Å². The van der Waals surface area contributed by atoms with Gasteiger partial charge >= 0.3 is 0 Å². The summed E-state index contributed by atoms with van der Waals surface area (Å²) in [5.41, 5.74) is 0.885. The van der Waals surface area contributed by atoms with Crippen LogP contribution in [0.4, 0.5) is 0 Å². The lowest BCUT2D eigenvalue weighted by Crippen LogP contribution is -2.41. The molecule has 19 heavy (non-hydrogen) atoms. The van der Waals surface area contributed by atoms with Crippen molar-refractivity contribution in [3.63, 3.8) is 0 Å². The maximum absolute atomic E-state index is 12.2. The van der Waals surface area contributed by atoms with E-state index in [0.717, 1.165) is 18.7 Å². The van der Waals surface area contributed by atoms with Crippen LogP contribution in [0.15, 0.2) is 30.3 Å². The average Bonchev–Trinajstić information content (AvgIpc) is 2.36. The van der Waals surface area contributed by atoms with Gasteiger partial charge in [0.15, 0.2) is 0 Å². The molecule has 1 aromatic rings. The molecule has 1 aliphatic heterocycles. The summed E-state index contributed by atoms with van der Waals surface area (Å²) < 4.78 is 0. The number of carbonyl (C=O) groups is 1. The van der Waals surface area contributed by atoms with Crippen molar-refractivity contribution in [3.8, 4) is 0 Å². The van der Waals surface area contributed by atoms with Crippen LogP contribution in [-0.2, 0) is 4.79 Å². The molecular formula is C16H20ClNO. The predicted octanol–water partition coefficient (Wildman–Crippen LogP) is 3.86. The Morgan fingerprint density at radius 1 is 1.26 bits per heavy atom. The van der Waals surface area contributed by atoms with E-state index in [1.165, 1.54) is 6.42 Å². The third kappa shape index (κ3) is 3.84. The van der Waals surface area contributed by atoms with E-state index in [2.05, 4.69) is 13.8 Å². The highest BCUT2D eigenvalue weighted by molar-refractivity contribution is 6.32. The number of benzene rings is 1. The van der Waals surface area contributed by atoms with Crippen LogP contribution in [0.5, 0.6) is 0 Å². The van der Waals surface area contributed by atoms with Gasteiger partial charge in [0.2, 0.25) is 5.91 Å². The molecule has 0 aromatic heterocycles. The molecule has 0 bridgehead atoms. The largest absolute Gasteiger partial charge is 0.339 e. The smallest absolute Gasteiger partial charge is 0.246 e. The maximum Gasteiger partial charge on any atom is 0.246 e. The summed E-state index contributed by atoms with van der Waals surface area (Å²) in [5.74, 6) is 1.25. The van der Waals surface area contributed by atoms with Crippen LogP contribution in [0, 0.1) is 11.8 Å². The minimum Gasteiger partial charge on any atom is -0.339 e. The number of piperidine rings is 1. The van der Waals surface area contributed by atoms with Crippen LogP contribution in [0.2, 0.25) is 5.02 Å². The van der Waals surface area contributed by atoms with E-state index >= 15 is 0 Å². The van der Waals surface area contributed by atoms with Crippen molar-refractivity contribution in [2.75, 3.05) is 13.1 Å². The Balaban J connectivity index is 2.03. The molecule has 3 heteroatoms. The number of rotatable bonds is 2. The summed E-state index contributed by atoms with van der Waals surface area (Å²) >= 11 is 6.06. The second-order valence-electron chi connectivity index (χ2n) is 5.54. The van der Waals surface area contributed by atoms with Gasteiger partial charge in [0.05, 0.1) is 0 Å². The minimum absolute atomic E-state index is 0.0818. The molecule has 0 aliphatic carbocycles. The summed E-state index contributed by atoms with van der Waals surface area (Å²) in [6.45, 7) is 6.12. The summed E-state index contributed by atoms with van der Waals surface area (Å²) in [7, 11) is 0. The van der Waals surface area contributed by atoms with Crippen LogP contribution in [0.25, 0.3) is 6.08 Å². The molecule has 2 atom stereocenters. The van der Waals surface area contributed by atoms with Crippen LogP contribution in [0.1, 0.15) is 25.8 Å². The van der Waals surface area contributed by atoms with E-state index < -0.39 is 0 Å². The first-order chi connectivity index (χ1) is 9.06. The van der Waals surface area contributed by atoms with Crippen molar-refractivity contribution in [3.05, 3.63) is 40.9 Å². The maximum atomic E-state index is 12.2. The number of amides is 1. The molecule has 1 fully saturated rings. The Kier molecular flexibility index (Phi) is 4.65. The highest BCUT2D eigenvalue weighted by atomic mass is 35.5. The Bertz CT molecular complexity index is 473. The van der Waals surface area contributed by atoms with Crippen molar-refractivity contribution >= 4 is 23.6 Å². The molecule has 0 N–H and O–H groups in total. The molecule has 0 spiro atoms. The quantitative estimate of drug-likeness (QED) is 0.752. The number of hydrogen-bond acceptors (Lipinski definition) is 1. The molecule has 1 saturated heterocycles. The van der Waals surface area contributed by atoms with Gasteiger partial charge in [-0.15, -0.1) is 0 Å². The van der Waals surface area contributed by atoms with Gasteiger partial charge in [-0.2, -0.15) is 0 Å². The van der Waals surface area contributed by atoms with Gasteiger partial charge in [0.1, 0.15) is 0 Å². The second kappa shape index (κ2) is 6.25. The van der Waals surface area contributed by atoms with Crippen molar-refractivity contribution < 1.29 is 4.79 Å². The lowest BCUT2D eigenvalue weighted by atomic mass is 9.92. The first-order valence-electron chi connectivity index (χ1n) is 6.77. The molecule has 2 rings (SSSR count). The van der Waals surface area contributed by atoms with Crippen molar-refractivity contribution in [2.24, 2.45) is 11.8 Å². The van der Waals surface area contributed by atoms with Crippen molar-refractivity contribution in [1.82, 2.24) is 4.90 Å². The minimum atomic E-state index is 0.0818. The van der Waals surface area contributed by atoms with Crippen molar-refractivity contribution in [1.29, 1.82) is 0 Å². The molecule has 1 heterocycles. The number of carbonyl (C=O) groups excluding carboxylic acids is 1. The van der Waals surface area contributed by atoms with Crippen LogP contribution >= 0.6 is 11.6 Å². The van der Waals surface area contributed by atoms with Crippen LogP contribution in [-0.4, -0.2) is 23.9 Å². The molecule has 1 amide bonds. The lowest BCUT2D eigenvalue weighted by Gasteiger charge is -2.34.